The van der Waals surface area contributed by atoms with Gasteiger partial charge in [0.1, 0.15) is 0 Å². The number of nitrogens with two attached hydrogens (primary N) is 1. The average Bonchev–Trinajstić information content (AvgIpc) is 2.33. The van der Waals surface area contributed by atoms with Crippen molar-refractivity contribution < 1.29 is 14.3 Å². The predicted octanol–water partition coefficient (Wildman–Crippen LogP) is 1.02. The Labute approximate surface area is 102 Å². The predicted molar refractivity (Wildman–Crippen MR) is 65.1 cm³/mol. The van der Waals surface area contributed by atoms with E-state index in [1.165, 1.54) is 0 Å². The number of nitrogens with zero attached hydrogens (tertiary/aromatic N) is 1. The van der Waals surface area contributed by atoms with Gasteiger partial charge in [0.25, 0.3) is 0 Å². The fourth-order valence-corrected chi connectivity index (χ4v) is 1.36. The molecule has 2 amide bonds. The summed E-state index contributed by atoms with van der Waals surface area (Å²) in [5.41, 5.74) is 2.06. The van der Waals surface area contributed by atoms with Crippen molar-refractivity contribution in [3.8, 4) is 0 Å². The summed E-state index contributed by atoms with van der Waals surface area (Å²) in [5, 5.41) is 0. The second-order valence-corrected chi connectivity index (χ2v) is 3.71. The van der Waals surface area contributed by atoms with Gasteiger partial charge in [0.15, 0.2) is 0 Å². The van der Waals surface area contributed by atoms with Crippen LogP contribution in [-0.2, 0) is 9.53 Å². The van der Waals surface area contributed by atoms with Gasteiger partial charge in [-0.1, -0.05) is 13.3 Å². The number of hydrogen-bond donors (Lipinski definition) is 2. The number of carbonyl (C=O) groups excluding carboxylic acids is 2. The Bertz CT molecular complexity index is 234. The summed E-state index contributed by atoms with van der Waals surface area (Å²) in [6.07, 6.45) is 2.54. The van der Waals surface area contributed by atoms with Crippen molar-refractivity contribution in [1.82, 2.24) is 10.3 Å². The van der Waals surface area contributed by atoms with Gasteiger partial charge in [0.05, 0.1) is 6.61 Å². The van der Waals surface area contributed by atoms with Crippen LogP contribution in [0, 0.1) is 0 Å². The lowest BCUT2D eigenvalue weighted by Gasteiger charge is -2.21. The third-order valence-electron chi connectivity index (χ3n) is 2.30. The van der Waals surface area contributed by atoms with E-state index >= 15 is 0 Å². The number of carbonyl (C=O) groups is 2. The fourth-order valence-electron chi connectivity index (χ4n) is 1.36. The molecule has 0 aliphatic heterocycles. The SMILES string of the molecule is CCCCN(CCCC(=O)NN)C(=O)OCC. The average molecular weight is 245 g/mol. The molecule has 6 nitrogen and oxygen atoms in total. The smallest absolute Gasteiger partial charge is 0.409 e. The largest absolute Gasteiger partial charge is 0.450 e. The Morgan fingerprint density at radius 2 is 1.88 bits per heavy atom. The van der Waals surface area contributed by atoms with Crippen LogP contribution in [0.3, 0.4) is 0 Å². The van der Waals surface area contributed by atoms with E-state index in [-0.39, 0.29) is 12.0 Å². The molecule has 0 heterocycles. The highest BCUT2D eigenvalue weighted by molar-refractivity contribution is 5.75. The summed E-state index contributed by atoms with van der Waals surface area (Å²) in [6, 6.07) is 0. The van der Waals surface area contributed by atoms with Crippen LogP contribution in [0.4, 0.5) is 4.79 Å². The van der Waals surface area contributed by atoms with E-state index in [1.54, 1.807) is 11.8 Å². The normalized spacial score (nSPS) is 9.82. The number of amides is 2. The molecule has 0 saturated heterocycles. The van der Waals surface area contributed by atoms with Gasteiger partial charge >= 0.3 is 6.09 Å². The minimum absolute atomic E-state index is 0.218. The Kier molecular flexibility index (Phi) is 9.14. The van der Waals surface area contributed by atoms with Crippen LogP contribution in [0.1, 0.15) is 39.5 Å². The van der Waals surface area contributed by atoms with Crippen molar-refractivity contribution in [3.05, 3.63) is 0 Å². The molecule has 0 atom stereocenters. The zero-order valence-corrected chi connectivity index (χ0v) is 10.7. The number of hydrogen-bond acceptors (Lipinski definition) is 4. The van der Waals surface area contributed by atoms with Gasteiger partial charge in [-0.3, -0.25) is 10.2 Å². The number of unbranched alkanes of at least 4 members (excludes halogenated alkanes) is 1. The van der Waals surface area contributed by atoms with Crippen LogP contribution < -0.4 is 11.3 Å². The maximum Gasteiger partial charge on any atom is 0.409 e. The molecule has 3 N–H and O–H groups in total. The van der Waals surface area contributed by atoms with Crippen molar-refractivity contribution >= 4 is 12.0 Å². The second kappa shape index (κ2) is 9.89. The summed E-state index contributed by atoms with van der Waals surface area (Å²) in [6.45, 7) is 5.39. The van der Waals surface area contributed by atoms with Crippen molar-refractivity contribution in [2.24, 2.45) is 5.84 Å². The van der Waals surface area contributed by atoms with Crippen LogP contribution in [0.15, 0.2) is 0 Å². The molecule has 0 aromatic rings. The Hall–Kier alpha value is -1.30. The number of ether oxygens (including phenoxy) is 1. The summed E-state index contributed by atoms with van der Waals surface area (Å²) in [7, 11) is 0. The number of hydrazine groups is 1. The Balaban J connectivity index is 4.00. The molecule has 0 saturated carbocycles. The van der Waals surface area contributed by atoms with Crippen molar-refractivity contribution in [3.63, 3.8) is 0 Å². The van der Waals surface area contributed by atoms with Gasteiger partial charge < -0.3 is 9.64 Å². The number of rotatable bonds is 8. The van der Waals surface area contributed by atoms with E-state index in [0.29, 0.717) is 32.5 Å². The molecule has 0 radical (unpaired) electrons. The van der Waals surface area contributed by atoms with Crippen molar-refractivity contribution in [2.45, 2.75) is 39.5 Å². The van der Waals surface area contributed by atoms with Gasteiger partial charge in [-0.25, -0.2) is 10.6 Å². The van der Waals surface area contributed by atoms with E-state index in [0.717, 1.165) is 12.8 Å². The quantitative estimate of drug-likeness (QED) is 0.380. The molecule has 6 heteroatoms. The first-order valence-electron chi connectivity index (χ1n) is 6.06. The van der Waals surface area contributed by atoms with Crippen LogP contribution in [-0.4, -0.2) is 36.6 Å². The van der Waals surface area contributed by atoms with Gasteiger partial charge in [0.2, 0.25) is 5.91 Å². The summed E-state index contributed by atoms with van der Waals surface area (Å²) >= 11 is 0. The van der Waals surface area contributed by atoms with Gasteiger partial charge in [-0.15, -0.1) is 0 Å². The maximum absolute atomic E-state index is 11.6. The maximum atomic E-state index is 11.6. The first-order chi connectivity index (χ1) is 8.15. The molecule has 100 valence electrons. The third kappa shape index (κ3) is 7.57. The summed E-state index contributed by atoms with van der Waals surface area (Å²) < 4.78 is 4.95. The standard InChI is InChI=1S/C11H23N3O3/c1-3-5-8-14(11(16)17-4-2)9-6-7-10(15)13-12/h3-9,12H2,1-2H3,(H,13,15). The molecule has 0 aliphatic carbocycles. The van der Waals surface area contributed by atoms with E-state index < -0.39 is 0 Å². The molecule has 0 unspecified atom stereocenters. The number of nitrogens with one attached hydrogen (secondary N) is 1. The van der Waals surface area contributed by atoms with Crippen LogP contribution >= 0.6 is 0 Å². The van der Waals surface area contributed by atoms with Crippen LogP contribution in [0.2, 0.25) is 0 Å². The lowest BCUT2D eigenvalue weighted by molar-refractivity contribution is -0.121. The fraction of sp³-hybridized carbons (Fsp3) is 0.818. The van der Waals surface area contributed by atoms with Gasteiger partial charge in [-0.05, 0) is 19.8 Å². The molecule has 0 fully saturated rings. The first-order valence-corrected chi connectivity index (χ1v) is 6.06. The summed E-state index contributed by atoms with van der Waals surface area (Å²) in [5.74, 6) is 4.75. The lowest BCUT2D eigenvalue weighted by atomic mass is 10.2. The highest BCUT2D eigenvalue weighted by atomic mass is 16.6. The summed E-state index contributed by atoms with van der Waals surface area (Å²) in [4.78, 5) is 24.1. The molecule has 0 bridgehead atoms. The second-order valence-electron chi connectivity index (χ2n) is 3.71. The first kappa shape index (κ1) is 15.7. The van der Waals surface area contributed by atoms with Crippen molar-refractivity contribution in [2.75, 3.05) is 19.7 Å². The van der Waals surface area contributed by atoms with E-state index in [9.17, 15) is 9.59 Å². The molecule has 0 aromatic carbocycles. The lowest BCUT2D eigenvalue weighted by Crippen LogP contribution is -2.35. The molecular weight excluding hydrogens is 222 g/mol. The molecule has 0 rings (SSSR count). The Morgan fingerprint density at radius 1 is 1.24 bits per heavy atom. The van der Waals surface area contributed by atoms with Crippen LogP contribution in [0.5, 0.6) is 0 Å². The molecule has 17 heavy (non-hydrogen) atoms. The Morgan fingerprint density at radius 3 is 2.41 bits per heavy atom. The zero-order valence-electron chi connectivity index (χ0n) is 10.7. The van der Waals surface area contributed by atoms with E-state index in [2.05, 4.69) is 12.3 Å². The highest BCUT2D eigenvalue weighted by Gasteiger charge is 2.13. The van der Waals surface area contributed by atoms with E-state index in [1.807, 2.05) is 0 Å². The molecular formula is C11H23N3O3. The van der Waals surface area contributed by atoms with E-state index in [4.69, 9.17) is 10.6 Å². The molecule has 0 aliphatic rings. The topological polar surface area (TPSA) is 84.7 Å². The monoisotopic (exact) mass is 245 g/mol. The minimum atomic E-state index is -0.311. The van der Waals surface area contributed by atoms with Crippen molar-refractivity contribution in [1.29, 1.82) is 0 Å². The van der Waals surface area contributed by atoms with Gasteiger partial charge in [-0.2, -0.15) is 0 Å². The van der Waals surface area contributed by atoms with Gasteiger partial charge in [0, 0.05) is 19.5 Å². The minimum Gasteiger partial charge on any atom is -0.450 e. The molecule has 0 aromatic heterocycles. The molecule has 0 spiro atoms. The highest BCUT2D eigenvalue weighted by Crippen LogP contribution is 2.02. The zero-order chi connectivity index (χ0) is 13.1. The van der Waals surface area contributed by atoms with Crippen LogP contribution in [0.25, 0.3) is 0 Å². The third-order valence-corrected chi connectivity index (χ3v) is 2.30.